The van der Waals surface area contributed by atoms with E-state index in [1.54, 1.807) is 28.9 Å². The molecule has 7 heteroatoms. The largest absolute Gasteiger partial charge is 0.469 e. The first-order valence-electron chi connectivity index (χ1n) is 6.78. The summed E-state index contributed by atoms with van der Waals surface area (Å²) in [5, 5.41) is 2.75. The Labute approximate surface area is 128 Å². The zero-order valence-electron chi connectivity index (χ0n) is 12.2. The topological polar surface area (TPSA) is 71.5 Å². The Hall–Kier alpha value is -1.76. The summed E-state index contributed by atoms with van der Waals surface area (Å²) in [5.74, 6) is 0.0225. The average molecular weight is 309 g/mol. The maximum Gasteiger partial charge on any atom is 0.323 e. The van der Waals surface area contributed by atoms with E-state index in [0.717, 1.165) is 17.7 Å². The van der Waals surface area contributed by atoms with E-state index in [4.69, 9.17) is 4.74 Å². The first-order valence-corrected chi connectivity index (χ1v) is 8.00. The van der Waals surface area contributed by atoms with Gasteiger partial charge in [0.25, 0.3) is 0 Å². The molecule has 0 unspecified atom stereocenters. The lowest BCUT2D eigenvalue weighted by Gasteiger charge is -2.31. The molecule has 1 saturated heterocycles. The van der Waals surface area contributed by atoms with E-state index in [0.29, 0.717) is 18.9 Å². The van der Waals surface area contributed by atoms with Crippen LogP contribution in [0.3, 0.4) is 0 Å². The van der Waals surface area contributed by atoms with E-state index in [1.165, 1.54) is 7.11 Å². The highest BCUT2D eigenvalue weighted by Crippen LogP contribution is 2.19. The monoisotopic (exact) mass is 309 g/mol. The van der Waals surface area contributed by atoms with Gasteiger partial charge in [-0.2, -0.15) is 0 Å². The van der Waals surface area contributed by atoms with Gasteiger partial charge in [0.05, 0.1) is 13.0 Å². The third-order valence-corrected chi connectivity index (χ3v) is 4.16. The molecule has 1 atom stereocenters. The molecular weight excluding hydrogens is 290 g/mol. The van der Waals surface area contributed by atoms with Crippen LogP contribution in [0.2, 0.25) is 0 Å². The number of nitrogens with zero attached hydrogens (tertiary/aromatic N) is 2. The molecule has 0 spiro atoms. The Morgan fingerprint density at radius 2 is 2.29 bits per heavy atom. The minimum atomic E-state index is -0.255. The Morgan fingerprint density at radius 3 is 2.90 bits per heavy atom. The molecule has 1 fully saturated rings. The second-order valence-corrected chi connectivity index (χ2v) is 5.70. The third-order valence-electron chi connectivity index (χ3n) is 3.45. The highest BCUT2D eigenvalue weighted by Gasteiger charge is 2.29. The van der Waals surface area contributed by atoms with Gasteiger partial charge in [0.1, 0.15) is 5.82 Å². The summed E-state index contributed by atoms with van der Waals surface area (Å²) in [6.07, 6.45) is 5.24. The molecule has 6 nitrogen and oxygen atoms in total. The lowest BCUT2D eigenvalue weighted by molar-refractivity contribution is -0.146. The van der Waals surface area contributed by atoms with E-state index >= 15 is 0 Å². The van der Waals surface area contributed by atoms with Gasteiger partial charge in [0, 0.05) is 24.2 Å². The van der Waals surface area contributed by atoms with E-state index in [1.807, 2.05) is 12.3 Å². The number of thioether (sulfide) groups is 1. The minimum absolute atomic E-state index is 0.229. The van der Waals surface area contributed by atoms with Gasteiger partial charge in [-0.1, -0.05) is 0 Å². The Morgan fingerprint density at radius 1 is 1.48 bits per heavy atom. The number of hydrogen-bond acceptors (Lipinski definition) is 5. The molecule has 0 saturated carbocycles. The van der Waals surface area contributed by atoms with Crippen LogP contribution in [0.15, 0.2) is 23.2 Å². The summed E-state index contributed by atoms with van der Waals surface area (Å²) in [7, 11) is 1.37. The number of methoxy groups -OCH3 is 1. The fourth-order valence-electron chi connectivity index (χ4n) is 2.28. The number of anilines is 1. The van der Waals surface area contributed by atoms with Crippen LogP contribution < -0.4 is 5.32 Å². The van der Waals surface area contributed by atoms with Crippen molar-refractivity contribution in [3.63, 3.8) is 0 Å². The zero-order chi connectivity index (χ0) is 15.2. The number of amides is 2. The number of carbonyl (C=O) groups excluding carboxylic acids is 2. The number of likely N-dealkylation sites (tertiary alicyclic amines) is 1. The standard InChI is InChI=1S/C14H19N3O3S/c1-20-13(18)10-4-3-7-17(9-10)14(19)16-12-6-5-11(21-2)8-15-12/h5-6,8,10H,3-4,7,9H2,1-2H3,(H,15,16,19)/t10-/m1/s1. The summed E-state index contributed by atoms with van der Waals surface area (Å²) < 4.78 is 4.75. The SMILES string of the molecule is COC(=O)[C@@H]1CCCN(C(=O)Nc2ccc(SC)cn2)C1. The number of nitrogens with one attached hydrogen (secondary N) is 1. The van der Waals surface area contributed by atoms with Gasteiger partial charge in [0.2, 0.25) is 0 Å². The predicted octanol–water partition coefficient (Wildman–Crippen LogP) is 2.22. The van der Waals surface area contributed by atoms with Crippen LogP contribution in [0, 0.1) is 5.92 Å². The molecule has 0 bridgehead atoms. The smallest absolute Gasteiger partial charge is 0.323 e. The first kappa shape index (κ1) is 15.6. The fraction of sp³-hybridized carbons (Fsp3) is 0.500. The molecule has 0 aliphatic carbocycles. The number of rotatable bonds is 3. The number of urea groups is 1. The van der Waals surface area contributed by atoms with Crippen molar-refractivity contribution in [3.8, 4) is 0 Å². The maximum absolute atomic E-state index is 12.2. The Bertz CT molecular complexity index is 507. The van der Waals surface area contributed by atoms with Crippen molar-refractivity contribution in [2.24, 2.45) is 5.92 Å². The highest BCUT2D eigenvalue weighted by molar-refractivity contribution is 7.98. The molecule has 2 amide bonds. The average Bonchev–Trinajstić information content (AvgIpc) is 2.55. The van der Waals surface area contributed by atoms with Crippen molar-refractivity contribution < 1.29 is 14.3 Å². The second kappa shape index (κ2) is 7.31. The molecule has 0 radical (unpaired) electrons. The lowest BCUT2D eigenvalue weighted by Crippen LogP contribution is -2.44. The van der Waals surface area contributed by atoms with Crippen LogP contribution in [-0.4, -0.2) is 48.3 Å². The van der Waals surface area contributed by atoms with E-state index < -0.39 is 0 Å². The Balaban J connectivity index is 1.94. The van der Waals surface area contributed by atoms with Crippen LogP contribution in [0.5, 0.6) is 0 Å². The minimum Gasteiger partial charge on any atom is -0.469 e. The summed E-state index contributed by atoms with van der Waals surface area (Å²) in [6, 6.07) is 3.44. The van der Waals surface area contributed by atoms with Crippen LogP contribution >= 0.6 is 11.8 Å². The molecule has 1 aliphatic rings. The van der Waals surface area contributed by atoms with Crippen molar-refractivity contribution in [1.82, 2.24) is 9.88 Å². The predicted molar refractivity (Wildman–Crippen MR) is 81.3 cm³/mol. The molecular formula is C14H19N3O3S. The summed E-state index contributed by atoms with van der Waals surface area (Å²) >= 11 is 1.59. The van der Waals surface area contributed by atoms with Crippen molar-refractivity contribution in [1.29, 1.82) is 0 Å². The number of piperidine rings is 1. The quantitative estimate of drug-likeness (QED) is 0.685. The van der Waals surface area contributed by atoms with E-state index in [-0.39, 0.29) is 17.9 Å². The van der Waals surface area contributed by atoms with Gasteiger partial charge in [-0.15, -0.1) is 11.8 Å². The van der Waals surface area contributed by atoms with Crippen LogP contribution in [0.1, 0.15) is 12.8 Å². The van der Waals surface area contributed by atoms with Gasteiger partial charge in [-0.05, 0) is 31.2 Å². The summed E-state index contributed by atoms with van der Waals surface area (Å²) in [5.41, 5.74) is 0. The number of hydrogen-bond donors (Lipinski definition) is 1. The first-order chi connectivity index (χ1) is 10.1. The molecule has 2 rings (SSSR count). The molecule has 1 N–H and O–H groups in total. The van der Waals surface area contributed by atoms with Crippen molar-refractivity contribution in [3.05, 3.63) is 18.3 Å². The van der Waals surface area contributed by atoms with E-state index in [2.05, 4.69) is 10.3 Å². The van der Waals surface area contributed by atoms with Gasteiger partial charge in [-0.3, -0.25) is 10.1 Å². The second-order valence-electron chi connectivity index (χ2n) is 4.82. The number of esters is 1. The van der Waals surface area contributed by atoms with Gasteiger partial charge < -0.3 is 9.64 Å². The maximum atomic E-state index is 12.2. The van der Waals surface area contributed by atoms with Gasteiger partial charge in [-0.25, -0.2) is 9.78 Å². The van der Waals surface area contributed by atoms with Crippen molar-refractivity contribution in [2.75, 3.05) is 31.8 Å². The van der Waals surface area contributed by atoms with Crippen LogP contribution in [-0.2, 0) is 9.53 Å². The molecule has 114 valence electrons. The summed E-state index contributed by atoms with van der Waals surface area (Å²) in [4.78, 5) is 30.6. The highest BCUT2D eigenvalue weighted by atomic mass is 32.2. The van der Waals surface area contributed by atoms with Crippen LogP contribution in [0.4, 0.5) is 10.6 Å². The number of ether oxygens (including phenoxy) is 1. The molecule has 1 aromatic heterocycles. The molecule has 1 aromatic rings. The van der Waals surface area contributed by atoms with Crippen molar-refractivity contribution >= 4 is 29.6 Å². The number of pyridine rings is 1. The molecule has 21 heavy (non-hydrogen) atoms. The molecule has 2 heterocycles. The normalized spacial score (nSPS) is 18.2. The van der Waals surface area contributed by atoms with Crippen molar-refractivity contribution in [2.45, 2.75) is 17.7 Å². The molecule has 1 aliphatic heterocycles. The number of carbonyl (C=O) groups is 2. The molecule has 0 aromatic carbocycles. The fourth-order valence-corrected chi connectivity index (χ4v) is 2.65. The van der Waals surface area contributed by atoms with Gasteiger partial charge >= 0.3 is 12.0 Å². The summed E-state index contributed by atoms with van der Waals surface area (Å²) in [6.45, 7) is 1.03. The van der Waals surface area contributed by atoms with Crippen LogP contribution in [0.25, 0.3) is 0 Å². The Kier molecular flexibility index (Phi) is 5.44. The lowest BCUT2D eigenvalue weighted by atomic mass is 9.98. The number of aromatic nitrogens is 1. The third kappa shape index (κ3) is 4.10. The van der Waals surface area contributed by atoms with Gasteiger partial charge in [0.15, 0.2) is 0 Å². The zero-order valence-corrected chi connectivity index (χ0v) is 13.0. The van der Waals surface area contributed by atoms with E-state index in [9.17, 15) is 9.59 Å².